The van der Waals surface area contributed by atoms with Crippen molar-refractivity contribution in [2.45, 2.75) is 57.4 Å². The Kier molecular flexibility index (Phi) is 5.96. The first-order valence-electron chi connectivity index (χ1n) is 9.01. The molecule has 1 amide bonds. The summed E-state index contributed by atoms with van der Waals surface area (Å²) in [5.41, 5.74) is 0.712. The third-order valence-corrected chi connectivity index (χ3v) is 5.38. The van der Waals surface area contributed by atoms with Crippen molar-refractivity contribution in [3.8, 4) is 0 Å². The molecular weight excluding hydrogens is 308 g/mol. The molecule has 0 saturated heterocycles. The minimum Gasteiger partial charge on any atom is -0.325 e. The molecule has 4 heteroatoms. The highest BCUT2D eigenvalue weighted by Gasteiger charge is 2.31. The second kappa shape index (κ2) is 8.16. The largest absolute Gasteiger partial charge is 0.325 e. The molecule has 2 aliphatic carbocycles. The Morgan fingerprint density at radius 2 is 1.87 bits per heavy atom. The number of hydrogen-bond donors (Lipinski definition) is 1. The normalized spacial score (nSPS) is 19.0. The van der Waals surface area contributed by atoms with Gasteiger partial charge < -0.3 is 5.32 Å². The zero-order chi connectivity index (χ0) is 16.1. The molecule has 0 spiro atoms. The van der Waals surface area contributed by atoms with Crippen molar-refractivity contribution < 1.29 is 4.79 Å². The molecule has 0 aromatic heterocycles. The van der Waals surface area contributed by atoms with Crippen LogP contribution in [-0.2, 0) is 4.79 Å². The average molecular weight is 335 g/mol. The van der Waals surface area contributed by atoms with Crippen LogP contribution in [0.2, 0.25) is 5.02 Å². The summed E-state index contributed by atoms with van der Waals surface area (Å²) in [6.45, 7) is 2.06. The highest BCUT2D eigenvalue weighted by molar-refractivity contribution is 6.33. The van der Waals surface area contributed by atoms with Gasteiger partial charge in [-0.25, -0.2) is 0 Å². The monoisotopic (exact) mass is 334 g/mol. The third-order valence-electron chi connectivity index (χ3n) is 5.05. The molecule has 1 N–H and O–H groups in total. The van der Waals surface area contributed by atoms with Crippen molar-refractivity contribution in [1.29, 1.82) is 0 Å². The second-order valence-corrected chi connectivity index (χ2v) is 7.42. The second-order valence-electron chi connectivity index (χ2n) is 7.01. The van der Waals surface area contributed by atoms with Crippen LogP contribution in [0.1, 0.15) is 51.4 Å². The van der Waals surface area contributed by atoms with Gasteiger partial charge in [0.05, 0.1) is 10.7 Å². The van der Waals surface area contributed by atoms with Crippen molar-refractivity contribution >= 4 is 23.2 Å². The first kappa shape index (κ1) is 16.8. The molecule has 0 heterocycles. The third kappa shape index (κ3) is 5.22. The molecule has 3 rings (SSSR count). The molecule has 0 aliphatic heterocycles. The van der Waals surface area contributed by atoms with Gasteiger partial charge in [-0.1, -0.05) is 43.0 Å². The predicted octanol–water partition coefficient (Wildman–Crippen LogP) is 4.71. The summed E-state index contributed by atoms with van der Waals surface area (Å²) in [6.07, 6.45) is 10.1. The first-order chi connectivity index (χ1) is 11.2. The van der Waals surface area contributed by atoms with E-state index >= 15 is 0 Å². The van der Waals surface area contributed by atoms with Crippen LogP contribution in [0.5, 0.6) is 0 Å². The first-order valence-corrected chi connectivity index (χ1v) is 9.38. The number of amides is 1. The Labute approximate surface area is 144 Å². The molecule has 1 aromatic carbocycles. The molecule has 2 saturated carbocycles. The summed E-state index contributed by atoms with van der Waals surface area (Å²) in [5.74, 6) is 0.906. The molecule has 1 aromatic rings. The average Bonchev–Trinajstić information content (AvgIpc) is 3.39. The number of nitrogens with one attached hydrogen (secondary N) is 1. The number of carbonyl (C=O) groups excluding carboxylic acids is 1. The Hall–Kier alpha value is -1.06. The number of anilines is 1. The highest BCUT2D eigenvalue weighted by atomic mass is 35.5. The van der Waals surface area contributed by atoms with Crippen LogP contribution in [0.4, 0.5) is 5.69 Å². The lowest BCUT2D eigenvalue weighted by Crippen LogP contribution is -2.35. The van der Waals surface area contributed by atoms with Gasteiger partial charge in [-0.15, -0.1) is 0 Å². The number of carbonyl (C=O) groups is 1. The van der Waals surface area contributed by atoms with Crippen LogP contribution in [0.25, 0.3) is 0 Å². The quantitative estimate of drug-likeness (QED) is 0.783. The van der Waals surface area contributed by atoms with Gasteiger partial charge >= 0.3 is 0 Å². The Bertz CT molecular complexity index is 524. The lowest BCUT2D eigenvalue weighted by molar-refractivity contribution is -0.116. The zero-order valence-corrected chi connectivity index (χ0v) is 14.5. The minimum atomic E-state index is 0.0624. The Morgan fingerprint density at radius 3 is 2.57 bits per heavy atom. The van der Waals surface area contributed by atoms with Gasteiger partial charge in [-0.2, -0.15) is 0 Å². The predicted molar refractivity (Wildman–Crippen MR) is 95.9 cm³/mol. The Morgan fingerprint density at radius 1 is 1.13 bits per heavy atom. The van der Waals surface area contributed by atoms with Crippen LogP contribution >= 0.6 is 11.6 Å². The van der Waals surface area contributed by atoms with Crippen LogP contribution in [0.3, 0.4) is 0 Å². The maximum atomic E-state index is 12.2. The number of halogens is 1. The molecule has 23 heavy (non-hydrogen) atoms. The van der Waals surface area contributed by atoms with E-state index in [1.807, 2.05) is 18.2 Å². The van der Waals surface area contributed by atoms with E-state index in [0.29, 0.717) is 17.1 Å². The molecule has 2 aliphatic rings. The van der Waals surface area contributed by atoms with Gasteiger partial charge in [-0.05, 0) is 43.7 Å². The van der Waals surface area contributed by atoms with Crippen LogP contribution in [0, 0.1) is 5.92 Å². The maximum Gasteiger partial charge on any atom is 0.225 e. The van der Waals surface area contributed by atoms with Crippen LogP contribution < -0.4 is 5.32 Å². The maximum absolute atomic E-state index is 12.2. The van der Waals surface area contributed by atoms with E-state index in [9.17, 15) is 4.79 Å². The van der Waals surface area contributed by atoms with Gasteiger partial charge in [0.15, 0.2) is 0 Å². The van der Waals surface area contributed by atoms with Gasteiger partial charge in [-0.3, -0.25) is 9.69 Å². The van der Waals surface area contributed by atoms with Crippen molar-refractivity contribution in [3.63, 3.8) is 0 Å². The fourth-order valence-electron chi connectivity index (χ4n) is 3.58. The number of rotatable bonds is 7. The summed E-state index contributed by atoms with van der Waals surface area (Å²) in [6, 6.07) is 8.14. The summed E-state index contributed by atoms with van der Waals surface area (Å²) in [4.78, 5) is 14.8. The van der Waals surface area contributed by atoms with Gasteiger partial charge in [0.25, 0.3) is 0 Å². The van der Waals surface area contributed by atoms with Gasteiger partial charge in [0, 0.05) is 25.6 Å². The molecular formula is C19H27ClN2O. The number of hydrogen-bond acceptors (Lipinski definition) is 2. The molecule has 0 unspecified atom stereocenters. The zero-order valence-electron chi connectivity index (χ0n) is 13.8. The van der Waals surface area contributed by atoms with Gasteiger partial charge in [0.2, 0.25) is 5.91 Å². The van der Waals surface area contributed by atoms with Crippen molar-refractivity contribution in [1.82, 2.24) is 4.90 Å². The van der Waals surface area contributed by atoms with E-state index in [1.165, 1.54) is 51.5 Å². The lowest BCUT2D eigenvalue weighted by Gasteiger charge is -2.29. The Balaban J connectivity index is 1.46. The molecule has 0 bridgehead atoms. The van der Waals surface area contributed by atoms with Crippen LogP contribution in [-0.4, -0.2) is 29.9 Å². The number of para-hydroxylation sites is 1. The van der Waals surface area contributed by atoms with Crippen molar-refractivity contribution in [3.05, 3.63) is 29.3 Å². The summed E-state index contributed by atoms with van der Waals surface area (Å²) < 4.78 is 0. The molecule has 126 valence electrons. The van der Waals surface area contributed by atoms with E-state index in [2.05, 4.69) is 10.2 Å². The number of benzene rings is 1. The topological polar surface area (TPSA) is 32.3 Å². The molecule has 0 radical (unpaired) electrons. The minimum absolute atomic E-state index is 0.0624. The van der Waals surface area contributed by atoms with Crippen LogP contribution in [0.15, 0.2) is 24.3 Å². The standard InChI is InChI=1S/C19H27ClN2O/c20-17-8-4-5-9-18(17)21-19(23)12-13-22(16-10-11-16)14-15-6-2-1-3-7-15/h4-5,8-9,15-16H,1-3,6-7,10-14H2,(H,21,23). The molecule has 0 atom stereocenters. The lowest BCUT2D eigenvalue weighted by atomic mass is 9.89. The van der Waals surface area contributed by atoms with Crippen molar-refractivity contribution in [2.24, 2.45) is 5.92 Å². The van der Waals surface area contributed by atoms with Gasteiger partial charge in [0.1, 0.15) is 0 Å². The fourth-order valence-corrected chi connectivity index (χ4v) is 3.77. The summed E-state index contributed by atoms with van der Waals surface area (Å²) in [7, 11) is 0. The van der Waals surface area contributed by atoms with E-state index in [1.54, 1.807) is 6.07 Å². The van der Waals surface area contributed by atoms with E-state index in [0.717, 1.165) is 18.5 Å². The van der Waals surface area contributed by atoms with E-state index in [4.69, 9.17) is 11.6 Å². The summed E-state index contributed by atoms with van der Waals surface area (Å²) in [5, 5.41) is 3.53. The highest BCUT2D eigenvalue weighted by Crippen LogP contribution is 2.31. The SMILES string of the molecule is O=C(CCN(CC1CCCCC1)C1CC1)Nc1ccccc1Cl. The van der Waals surface area contributed by atoms with E-state index in [-0.39, 0.29) is 5.91 Å². The van der Waals surface area contributed by atoms with E-state index < -0.39 is 0 Å². The fraction of sp³-hybridized carbons (Fsp3) is 0.632. The smallest absolute Gasteiger partial charge is 0.225 e. The van der Waals surface area contributed by atoms with Crippen molar-refractivity contribution in [2.75, 3.05) is 18.4 Å². The molecule has 2 fully saturated rings. The molecule has 3 nitrogen and oxygen atoms in total. The number of nitrogens with zero attached hydrogens (tertiary/aromatic N) is 1. The summed E-state index contributed by atoms with van der Waals surface area (Å²) >= 11 is 6.10.